The van der Waals surface area contributed by atoms with E-state index in [1.807, 2.05) is 81.4 Å². The van der Waals surface area contributed by atoms with Gasteiger partial charge < -0.3 is 9.84 Å². The molecule has 4 heteroatoms. The zero-order valence-corrected chi connectivity index (χ0v) is 18.0. The highest BCUT2D eigenvalue weighted by molar-refractivity contribution is 5.76. The number of hydrogen-bond donors (Lipinski definition) is 2. The molecule has 0 amide bonds. The fourth-order valence-corrected chi connectivity index (χ4v) is 3.74. The monoisotopic (exact) mass is 405 g/mol. The Bertz CT molecular complexity index is 893. The van der Waals surface area contributed by atoms with Gasteiger partial charge in [-0.25, -0.2) is 0 Å². The van der Waals surface area contributed by atoms with Crippen LogP contribution in [0.3, 0.4) is 0 Å². The molecule has 0 unspecified atom stereocenters. The second-order valence-electron chi connectivity index (χ2n) is 8.93. The highest BCUT2D eigenvalue weighted by Crippen LogP contribution is 2.30. The highest BCUT2D eigenvalue weighted by atomic mass is 16.6. The molecule has 1 saturated carbocycles. The van der Waals surface area contributed by atoms with Gasteiger partial charge in [-0.15, -0.1) is 0 Å². The number of benzene rings is 2. The van der Waals surface area contributed by atoms with Crippen molar-refractivity contribution in [3.63, 3.8) is 0 Å². The number of carbonyl (C=O) groups excluding carboxylic acids is 1. The highest BCUT2D eigenvalue weighted by Gasteiger charge is 2.42. The maximum Gasteiger partial charge on any atom is 0.324 e. The van der Waals surface area contributed by atoms with Gasteiger partial charge in [0, 0.05) is 11.6 Å². The molecule has 0 bridgehead atoms. The van der Waals surface area contributed by atoms with E-state index < -0.39 is 17.2 Å². The minimum absolute atomic E-state index is 0.296. The first-order valence-corrected chi connectivity index (χ1v) is 10.6. The Morgan fingerprint density at radius 1 is 1.17 bits per heavy atom. The third kappa shape index (κ3) is 6.19. The first-order valence-electron chi connectivity index (χ1n) is 10.6. The number of aliphatic hydroxyl groups is 1. The van der Waals surface area contributed by atoms with Gasteiger partial charge in [-0.05, 0) is 64.2 Å². The molecular formula is C26H31NO3. The molecule has 4 nitrogen and oxygen atoms in total. The summed E-state index contributed by atoms with van der Waals surface area (Å²) in [6.45, 7) is 5.59. The van der Waals surface area contributed by atoms with Gasteiger partial charge in [-0.2, -0.15) is 0 Å². The maximum absolute atomic E-state index is 12.9. The van der Waals surface area contributed by atoms with E-state index >= 15 is 0 Å². The van der Waals surface area contributed by atoms with E-state index in [1.54, 1.807) is 0 Å². The summed E-state index contributed by atoms with van der Waals surface area (Å²) in [5.74, 6) is 5.85. The van der Waals surface area contributed by atoms with Gasteiger partial charge in [0.05, 0.1) is 0 Å². The lowest BCUT2D eigenvalue weighted by molar-refractivity contribution is -0.158. The van der Waals surface area contributed by atoms with Crippen LogP contribution in [0.2, 0.25) is 0 Å². The molecule has 3 rings (SSSR count). The maximum atomic E-state index is 12.9. The molecule has 1 aliphatic carbocycles. The van der Waals surface area contributed by atoms with Crippen LogP contribution in [-0.2, 0) is 16.0 Å². The molecule has 2 N–H and O–H groups in total. The normalized spacial score (nSPS) is 22.1. The molecule has 1 fully saturated rings. The van der Waals surface area contributed by atoms with Crippen molar-refractivity contribution in [1.29, 1.82) is 0 Å². The molecule has 30 heavy (non-hydrogen) atoms. The van der Waals surface area contributed by atoms with Crippen molar-refractivity contribution < 1.29 is 14.6 Å². The van der Waals surface area contributed by atoms with Crippen molar-refractivity contribution in [1.82, 2.24) is 5.32 Å². The standard InChI is InChI=1S/C26H31NO3/c1-25(2,3)30-24(28)22(19-21-13-8-5-9-14-21)27-23-15-10-17-26(23,29)18-16-20-11-6-4-7-12-20/h4-9,11-14,22-23,27,29H,10,15,17,19H2,1-3H3/t22-,23+,26+/m1/s1. The van der Waals surface area contributed by atoms with Crippen molar-refractivity contribution in [3.8, 4) is 11.8 Å². The number of esters is 1. The van der Waals surface area contributed by atoms with Crippen LogP contribution >= 0.6 is 0 Å². The van der Waals surface area contributed by atoms with Crippen LogP contribution in [0, 0.1) is 11.8 Å². The Morgan fingerprint density at radius 2 is 1.80 bits per heavy atom. The van der Waals surface area contributed by atoms with Crippen LogP contribution in [0.1, 0.15) is 51.2 Å². The predicted octanol–water partition coefficient (Wildman–Crippen LogP) is 3.86. The van der Waals surface area contributed by atoms with Crippen molar-refractivity contribution >= 4 is 5.97 Å². The Hall–Kier alpha value is -2.61. The quantitative estimate of drug-likeness (QED) is 0.586. The summed E-state index contributed by atoms with van der Waals surface area (Å²) in [7, 11) is 0. The molecular weight excluding hydrogens is 374 g/mol. The summed E-state index contributed by atoms with van der Waals surface area (Å²) >= 11 is 0. The summed E-state index contributed by atoms with van der Waals surface area (Å²) in [4.78, 5) is 12.9. The van der Waals surface area contributed by atoms with E-state index in [2.05, 4.69) is 17.2 Å². The van der Waals surface area contributed by atoms with Crippen molar-refractivity contribution in [3.05, 3.63) is 71.8 Å². The topological polar surface area (TPSA) is 58.6 Å². The Labute approximate surface area is 179 Å². The van der Waals surface area contributed by atoms with Crippen molar-refractivity contribution in [2.24, 2.45) is 0 Å². The average Bonchev–Trinajstić information content (AvgIpc) is 3.07. The van der Waals surface area contributed by atoms with E-state index in [1.165, 1.54) is 0 Å². The van der Waals surface area contributed by atoms with Gasteiger partial charge in [0.2, 0.25) is 0 Å². The summed E-state index contributed by atoms with van der Waals surface area (Å²) in [5, 5.41) is 14.6. The number of hydrogen-bond acceptors (Lipinski definition) is 4. The second-order valence-corrected chi connectivity index (χ2v) is 8.93. The van der Waals surface area contributed by atoms with Crippen LogP contribution in [0.15, 0.2) is 60.7 Å². The lowest BCUT2D eigenvalue weighted by atomic mass is 9.95. The third-order valence-electron chi connectivity index (χ3n) is 5.20. The van der Waals surface area contributed by atoms with E-state index in [0.717, 1.165) is 24.0 Å². The lowest BCUT2D eigenvalue weighted by Gasteiger charge is -2.31. The number of rotatable bonds is 5. The predicted molar refractivity (Wildman–Crippen MR) is 119 cm³/mol. The van der Waals surface area contributed by atoms with Crippen molar-refractivity contribution in [2.45, 2.75) is 69.7 Å². The van der Waals surface area contributed by atoms with Gasteiger partial charge in [0.1, 0.15) is 17.2 Å². The second kappa shape index (κ2) is 9.47. The number of ether oxygens (including phenoxy) is 1. The molecule has 0 heterocycles. The molecule has 0 aliphatic heterocycles. The molecule has 3 atom stereocenters. The lowest BCUT2D eigenvalue weighted by Crippen LogP contribution is -2.54. The number of carbonyl (C=O) groups is 1. The minimum atomic E-state index is -1.17. The molecule has 0 spiro atoms. The molecule has 0 radical (unpaired) electrons. The molecule has 2 aromatic carbocycles. The SMILES string of the molecule is CC(C)(C)OC(=O)[C@@H](Cc1ccccc1)N[C@H]1CCC[C@]1(O)C#Cc1ccccc1. The van der Waals surface area contributed by atoms with Crippen molar-refractivity contribution in [2.75, 3.05) is 0 Å². The van der Waals surface area contributed by atoms with E-state index in [0.29, 0.717) is 12.8 Å². The molecule has 158 valence electrons. The van der Waals surface area contributed by atoms with Gasteiger partial charge >= 0.3 is 5.97 Å². The van der Waals surface area contributed by atoms with E-state index in [4.69, 9.17) is 4.74 Å². The first kappa shape index (κ1) is 22.1. The zero-order valence-electron chi connectivity index (χ0n) is 18.0. The van der Waals surface area contributed by atoms with Crippen LogP contribution in [0.25, 0.3) is 0 Å². The fraction of sp³-hybridized carbons (Fsp3) is 0.423. The van der Waals surface area contributed by atoms with Gasteiger partial charge in [0.15, 0.2) is 0 Å². The largest absolute Gasteiger partial charge is 0.459 e. The average molecular weight is 406 g/mol. The zero-order chi connectivity index (χ0) is 21.6. The summed E-state index contributed by atoms with van der Waals surface area (Å²) in [6, 6.07) is 18.6. The Balaban J connectivity index is 1.79. The van der Waals surface area contributed by atoms with E-state index in [9.17, 15) is 9.90 Å². The van der Waals surface area contributed by atoms with Crippen LogP contribution in [0.5, 0.6) is 0 Å². The van der Waals surface area contributed by atoms with Crippen LogP contribution in [-0.4, -0.2) is 34.4 Å². The van der Waals surface area contributed by atoms with E-state index in [-0.39, 0.29) is 12.0 Å². The smallest absolute Gasteiger partial charge is 0.324 e. The van der Waals surface area contributed by atoms with Gasteiger partial charge in [-0.3, -0.25) is 10.1 Å². The van der Waals surface area contributed by atoms with Crippen LogP contribution < -0.4 is 5.32 Å². The molecule has 0 saturated heterocycles. The molecule has 0 aromatic heterocycles. The molecule has 1 aliphatic rings. The van der Waals surface area contributed by atoms with Gasteiger partial charge in [-0.1, -0.05) is 60.4 Å². The number of nitrogens with one attached hydrogen (secondary N) is 1. The summed E-state index contributed by atoms with van der Waals surface area (Å²) in [5.41, 5.74) is 0.155. The van der Waals surface area contributed by atoms with Gasteiger partial charge in [0.25, 0.3) is 0 Å². The van der Waals surface area contributed by atoms with Crippen LogP contribution in [0.4, 0.5) is 0 Å². The third-order valence-corrected chi connectivity index (χ3v) is 5.20. The summed E-state index contributed by atoms with van der Waals surface area (Å²) in [6.07, 6.45) is 2.68. The minimum Gasteiger partial charge on any atom is -0.459 e. The summed E-state index contributed by atoms with van der Waals surface area (Å²) < 4.78 is 5.66. The Kier molecular flexibility index (Phi) is 6.97. The fourth-order valence-electron chi connectivity index (χ4n) is 3.74. The first-order chi connectivity index (χ1) is 14.3. The molecule has 2 aromatic rings. The Morgan fingerprint density at radius 3 is 2.43 bits per heavy atom.